The zero-order valence-corrected chi connectivity index (χ0v) is 13.5. The van der Waals surface area contributed by atoms with E-state index in [0.29, 0.717) is 5.56 Å². The number of hydrogen-bond donors (Lipinski definition) is 0. The van der Waals surface area contributed by atoms with E-state index in [-0.39, 0.29) is 18.2 Å². The van der Waals surface area contributed by atoms with E-state index >= 15 is 0 Å². The summed E-state index contributed by atoms with van der Waals surface area (Å²) in [7, 11) is 0. The molecule has 1 amide bonds. The number of benzene rings is 2. The molecular formula is C17H16BrNO2. The topological polar surface area (TPSA) is 29.5 Å². The minimum Gasteiger partial charge on any atom is -0.350 e. The summed E-state index contributed by atoms with van der Waals surface area (Å²) in [5.41, 5.74) is 2.60. The van der Waals surface area contributed by atoms with E-state index in [4.69, 9.17) is 4.74 Å². The van der Waals surface area contributed by atoms with Crippen molar-refractivity contribution in [3.8, 4) is 0 Å². The highest BCUT2D eigenvalue weighted by molar-refractivity contribution is 9.10. The van der Waals surface area contributed by atoms with Gasteiger partial charge in [0.2, 0.25) is 0 Å². The Labute approximate surface area is 132 Å². The van der Waals surface area contributed by atoms with Gasteiger partial charge in [-0.2, -0.15) is 0 Å². The molecule has 2 atom stereocenters. The van der Waals surface area contributed by atoms with Gasteiger partial charge in [0, 0.05) is 15.6 Å². The molecule has 4 heteroatoms. The molecule has 0 aliphatic carbocycles. The van der Waals surface area contributed by atoms with Crippen LogP contribution in [0.2, 0.25) is 0 Å². The van der Waals surface area contributed by atoms with Crippen LogP contribution in [0.1, 0.15) is 35.9 Å². The summed E-state index contributed by atoms with van der Waals surface area (Å²) >= 11 is 3.48. The van der Waals surface area contributed by atoms with Crippen LogP contribution in [0.15, 0.2) is 53.0 Å². The van der Waals surface area contributed by atoms with Gasteiger partial charge in [-0.25, -0.2) is 0 Å². The van der Waals surface area contributed by atoms with Crippen molar-refractivity contribution in [3.63, 3.8) is 0 Å². The van der Waals surface area contributed by atoms with Crippen molar-refractivity contribution in [3.05, 3.63) is 64.1 Å². The summed E-state index contributed by atoms with van der Waals surface area (Å²) in [4.78, 5) is 14.5. The summed E-state index contributed by atoms with van der Waals surface area (Å²) in [6.45, 7) is 3.91. The maximum Gasteiger partial charge on any atom is 0.260 e. The number of carbonyl (C=O) groups excluding carboxylic acids is 1. The van der Waals surface area contributed by atoms with E-state index in [1.54, 1.807) is 4.90 Å². The van der Waals surface area contributed by atoms with Crippen LogP contribution in [0, 0.1) is 0 Å². The van der Waals surface area contributed by atoms with Crippen molar-refractivity contribution in [2.75, 3.05) is 4.90 Å². The third-order valence-electron chi connectivity index (χ3n) is 3.69. The van der Waals surface area contributed by atoms with Crippen molar-refractivity contribution in [1.29, 1.82) is 0 Å². The summed E-state index contributed by atoms with van der Waals surface area (Å²) in [5.74, 6) is -0.0469. The van der Waals surface area contributed by atoms with Gasteiger partial charge in [0.05, 0.1) is 11.8 Å². The summed E-state index contributed by atoms with van der Waals surface area (Å²) in [6, 6.07) is 15.2. The molecule has 1 aliphatic heterocycles. The second-order valence-electron chi connectivity index (χ2n) is 5.12. The monoisotopic (exact) mass is 345 g/mol. The largest absolute Gasteiger partial charge is 0.350 e. The highest BCUT2D eigenvalue weighted by Crippen LogP contribution is 2.38. The van der Waals surface area contributed by atoms with E-state index in [2.05, 4.69) is 15.9 Å². The number of fused-ring (bicyclic) bond motifs is 1. The Kier molecular flexibility index (Phi) is 3.83. The first kappa shape index (κ1) is 14.3. The molecule has 1 heterocycles. The number of carbonyl (C=O) groups is 1. The first-order chi connectivity index (χ1) is 10.1. The molecule has 108 valence electrons. The van der Waals surface area contributed by atoms with Crippen LogP contribution in [-0.4, -0.2) is 12.1 Å². The quantitative estimate of drug-likeness (QED) is 0.759. The fourth-order valence-electron chi connectivity index (χ4n) is 2.69. The number of amides is 1. The minimum absolute atomic E-state index is 0.0251. The van der Waals surface area contributed by atoms with Crippen LogP contribution >= 0.6 is 15.9 Å². The van der Waals surface area contributed by atoms with Crippen molar-refractivity contribution in [2.45, 2.75) is 26.2 Å². The van der Waals surface area contributed by atoms with Crippen LogP contribution in [0.4, 0.5) is 5.69 Å². The molecule has 3 rings (SSSR count). The van der Waals surface area contributed by atoms with Crippen LogP contribution in [0.25, 0.3) is 0 Å². The standard InChI is InChI=1S/C17H16BrNO2/c1-11-15-9-8-14(18)10-16(15)19(12(2)21-11)17(20)13-6-4-3-5-7-13/h3-12H,1-2H3/t11-,12-/m0/s1. The minimum atomic E-state index is -0.297. The number of anilines is 1. The van der Waals surface area contributed by atoms with Gasteiger partial charge >= 0.3 is 0 Å². The van der Waals surface area contributed by atoms with Crippen molar-refractivity contribution < 1.29 is 9.53 Å². The fraction of sp³-hybridized carbons (Fsp3) is 0.235. The molecule has 2 aromatic carbocycles. The maximum absolute atomic E-state index is 12.8. The Bertz CT molecular complexity index is 672. The predicted octanol–water partition coefficient (Wildman–Crippen LogP) is 4.53. The van der Waals surface area contributed by atoms with E-state index in [1.165, 1.54) is 0 Å². The molecular weight excluding hydrogens is 330 g/mol. The Morgan fingerprint density at radius 3 is 2.57 bits per heavy atom. The highest BCUT2D eigenvalue weighted by Gasteiger charge is 2.33. The molecule has 0 spiro atoms. The van der Waals surface area contributed by atoms with Gasteiger partial charge in [-0.15, -0.1) is 0 Å². The van der Waals surface area contributed by atoms with Crippen LogP contribution in [0.3, 0.4) is 0 Å². The molecule has 2 aromatic rings. The van der Waals surface area contributed by atoms with E-state index < -0.39 is 0 Å². The average Bonchev–Trinajstić information content (AvgIpc) is 2.47. The van der Waals surface area contributed by atoms with Crippen LogP contribution in [-0.2, 0) is 4.74 Å². The first-order valence-corrected chi connectivity index (χ1v) is 7.71. The molecule has 0 saturated heterocycles. The van der Waals surface area contributed by atoms with Gasteiger partial charge < -0.3 is 4.74 Å². The lowest BCUT2D eigenvalue weighted by atomic mass is 10.0. The average molecular weight is 346 g/mol. The molecule has 0 aromatic heterocycles. The summed E-state index contributed by atoms with van der Waals surface area (Å²) in [5, 5.41) is 0. The lowest BCUT2D eigenvalue weighted by molar-refractivity contribution is -0.00304. The summed E-state index contributed by atoms with van der Waals surface area (Å²) < 4.78 is 6.85. The Morgan fingerprint density at radius 2 is 1.86 bits per heavy atom. The zero-order chi connectivity index (χ0) is 15.0. The van der Waals surface area contributed by atoms with Gasteiger partial charge in [-0.3, -0.25) is 9.69 Å². The number of ether oxygens (including phenoxy) is 1. The summed E-state index contributed by atoms with van der Waals surface area (Å²) in [6.07, 6.45) is -0.322. The number of rotatable bonds is 1. The van der Waals surface area contributed by atoms with E-state index in [9.17, 15) is 4.79 Å². The molecule has 3 nitrogen and oxygen atoms in total. The lowest BCUT2D eigenvalue weighted by Crippen LogP contribution is -2.44. The Balaban J connectivity index is 2.08. The zero-order valence-electron chi connectivity index (χ0n) is 11.9. The number of hydrogen-bond acceptors (Lipinski definition) is 2. The lowest BCUT2D eigenvalue weighted by Gasteiger charge is -2.38. The Hall–Kier alpha value is -1.65. The first-order valence-electron chi connectivity index (χ1n) is 6.91. The van der Waals surface area contributed by atoms with Gasteiger partial charge in [0.1, 0.15) is 6.23 Å². The predicted molar refractivity (Wildman–Crippen MR) is 86.4 cm³/mol. The van der Waals surface area contributed by atoms with Gasteiger partial charge in [-0.1, -0.05) is 40.2 Å². The molecule has 0 N–H and O–H groups in total. The molecule has 0 bridgehead atoms. The Morgan fingerprint density at radius 1 is 1.14 bits per heavy atom. The SMILES string of the molecule is C[C@@H]1O[C@@H](C)N(C(=O)c2ccccc2)c2cc(Br)ccc21. The normalized spacial score (nSPS) is 21.0. The van der Waals surface area contributed by atoms with Gasteiger partial charge in [0.25, 0.3) is 5.91 Å². The second-order valence-corrected chi connectivity index (χ2v) is 6.04. The molecule has 1 aliphatic rings. The number of halogens is 1. The highest BCUT2D eigenvalue weighted by atomic mass is 79.9. The smallest absolute Gasteiger partial charge is 0.260 e. The second kappa shape index (κ2) is 5.62. The number of nitrogens with zero attached hydrogens (tertiary/aromatic N) is 1. The van der Waals surface area contributed by atoms with E-state index in [0.717, 1.165) is 15.7 Å². The van der Waals surface area contributed by atoms with E-state index in [1.807, 2.05) is 62.4 Å². The molecule has 0 saturated carbocycles. The van der Waals surface area contributed by atoms with Crippen molar-refractivity contribution in [1.82, 2.24) is 0 Å². The van der Waals surface area contributed by atoms with Gasteiger partial charge in [-0.05, 0) is 38.1 Å². The van der Waals surface area contributed by atoms with Crippen molar-refractivity contribution in [2.24, 2.45) is 0 Å². The third-order valence-corrected chi connectivity index (χ3v) is 4.19. The van der Waals surface area contributed by atoms with Crippen LogP contribution in [0.5, 0.6) is 0 Å². The molecule has 0 fully saturated rings. The van der Waals surface area contributed by atoms with Gasteiger partial charge in [0.15, 0.2) is 0 Å². The molecule has 21 heavy (non-hydrogen) atoms. The van der Waals surface area contributed by atoms with Crippen LogP contribution < -0.4 is 4.90 Å². The van der Waals surface area contributed by atoms with Crippen molar-refractivity contribution >= 4 is 27.5 Å². The third kappa shape index (κ3) is 2.61. The molecule has 0 unspecified atom stereocenters. The maximum atomic E-state index is 12.8. The molecule has 0 radical (unpaired) electrons. The fourth-order valence-corrected chi connectivity index (χ4v) is 3.04.